The number of hydrogen-bond acceptors (Lipinski definition) is 2. The first-order chi connectivity index (χ1) is 14.6. The molecule has 0 spiro atoms. The van der Waals surface area contributed by atoms with Gasteiger partial charge in [0, 0.05) is 5.92 Å². The fourth-order valence-electron chi connectivity index (χ4n) is 8.57. The molecule has 0 amide bonds. The number of carbonyl (C=O) groups is 1. The van der Waals surface area contributed by atoms with Crippen molar-refractivity contribution in [2.24, 2.45) is 46.3 Å². The molecule has 0 heterocycles. The smallest absolute Gasteiger partial charge is 0.159 e. The summed E-state index contributed by atoms with van der Waals surface area (Å²) in [4.78, 5) is 13.2. The molecule has 4 aliphatic rings. The van der Waals surface area contributed by atoms with Crippen LogP contribution in [-0.4, -0.2) is 17.0 Å². The van der Waals surface area contributed by atoms with Crippen molar-refractivity contribution in [1.82, 2.24) is 0 Å². The van der Waals surface area contributed by atoms with E-state index in [1.807, 2.05) is 0 Å². The molecule has 8 atom stereocenters. The third-order valence-corrected chi connectivity index (χ3v) is 10.7. The Morgan fingerprint density at radius 2 is 1.77 bits per heavy atom. The van der Waals surface area contributed by atoms with Crippen LogP contribution in [0.25, 0.3) is 0 Å². The lowest BCUT2D eigenvalue weighted by molar-refractivity contribution is -0.132. The topological polar surface area (TPSA) is 37.3 Å². The van der Waals surface area contributed by atoms with E-state index in [0.29, 0.717) is 30.0 Å². The normalized spacial score (nSPS) is 43.1. The van der Waals surface area contributed by atoms with Crippen molar-refractivity contribution in [2.45, 2.75) is 105 Å². The van der Waals surface area contributed by atoms with Crippen molar-refractivity contribution in [3.8, 4) is 0 Å². The summed E-state index contributed by atoms with van der Waals surface area (Å²) in [7, 11) is 0. The Bertz CT molecular complexity index is 748. The molecule has 3 saturated carbocycles. The van der Waals surface area contributed by atoms with Crippen molar-refractivity contribution in [3.05, 3.63) is 23.8 Å². The number of fused-ring (bicyclic) bond motifs is 5. The van der Waals surface area contributed by atoms with E-state index in [1.54, 1.807) is 0 Å². The molecule has 0 saturated heterocycles. The van der Waals surface area contributed by atoms with Gasteiger partial charge in [0.2, 0.25) is 0 Å². The minimum Gasteiger partial charge on any atom is -0.393 e. The van der Waals surface area contributed by atoms with Crippen molar-refractivity contribution in [2.75, 3.05) is 0 Å². The first-order valence-corrected chi connectivity index (χ1v) is 13.2. The van der Waals surface area contributed by atoms with Gasteiger partial charge in [-0.1, -0.05) is 58.8 Å². The van der Waals surface area contributed by atoms with E-state index in [0.717, 1.165) is 24.7 Å². The van der Waals surface area contributed by atoms with Crippen LogP contribution in [0.1, 0.15) is 98.8 Å². The summed E-state index contributed by atoms with van der Waals surface area (Å²) >= 11 is 0. The molecule has 3 fully saturated rings. The van der Waals surface area contributed by atoms with Crippen LogP contribution < -0.4 is 0 Å². The van der Waals surface area contributed by atoms with E-state index >= 15 is 0 Å². The third kappa shape index (κ3) is 3.79. The second-order valence-electron chi connectivity index (χ2n) is 12.4. The van der Waals surface area contributed by atoms with Gasteiger partial charge >= 0.3 is 0 Å². The first-order valence-electron chi connectivity index (χ1n) is 13.2. The Hall–Kier alpha value is -0.890. The summed E-state index contributed by atoms with van der Waals surface area (Å²) in [5.74, 6) is 3.59. The number of ketones is 1. The van der Waals surface area contributed by atoms with Crippen LogP contribution in [0.3, 0.4) is 0 Å². The van der Waals surface area contributed by atoms with Gasteiger partial charge < -0.3 is 5.11 Å². The van der Waals surface area contributed by atoms with E-state index in [1.165, 1.54) is 56.1 Å². The number of hydrogen-bond donors (Lipinski definition) is 1. The van der Waals surface area contributed by atoms with E-state index in [-0.39, 0.29) is 22.9 Å². The molecule has 4 aliphatic carbocycles. The summed E-state index contributed by atoms with van der Waals surface area (Å²) in [6.07, 6.45) is 13.0. The molecule has 4 rings (SSSR count). The largest absolute Gasteiger partial charge is 0.393 e. The highest BCUT2D eigenvalue weighted by atomic mass is 16.3. The zero-order valence-corrected chi connectivity index (χ0v) is 20.8. The van der Waals surface area contributed by atoms with Crippen LogP contribution in [0.4, 0.5) is 0 Å². The van der Waals surface area contributed by atoms with Gasteiger partial charge in [-0.25, -0.2) is 0 Å². The standard InChI is InChI=1S/C29H46O2/c1-7-20(18(2)3)9-8-19(4)23-10-11-24-22-17-27(31)26-16-21(30)12-14-29(26,6)25(22)13-15-28(23,24)5/h17-18,20-21,23-26,30H,4,7-16H2,1-3,5-6H3. The number of aliphatic hydroxyl groups excluding tert-OH is 1. The van der Waals surface area contributed by atoms with Crippen LogP contribution in [0, 0.1) is 46.3 Å². The fourth-order valence-corrected chi connectivity index (χ4v) is 8.57. The molecule has 0 aromatic carbocycles. The molecule has 0 bridgehead atoms. The maximum atomic E-state index is 13.2. The predicted octanol–water partition coefficient (Wildman–Crippen LogP) is 7.12. The highest BCUT2D eigenvalue weighted by molar-refractivity contribution is 5.94. The molecule has 1 N–H and O–H groups in total. The summed E-state index contributed by atoms with van der Waals surface area (Å²) in [6.45, 7) is 16.6. The fraction of sp³-hybridized carbons (Fsp3) is 0.828. The maximum Gasteiger partial charge on any atom is 0.159 e. The van der Waals surface area contributed by atoms with Crippen LogP contribution in [0.2, 0.25) is 0 Å². The summed E-state index contributed by atoms with van der Waals surface area (Å²) in [6, 6.07) is 0. The number of carbonyl (C=O) groups excluding carboxylic acids is 1. The van der Waals surface area contributed by atoms with E-state index in [2.05, 4.69) is 47.3 Å². The minimum absolute atomic E-state index is 0.0310. The van der Waals surface area contributed by atoms with Crippen LogP contribution in [0.5, 0.6) is 0 Å². The first kappa shape index (κ1) is 23.3. The number of allylic oxidation sites excluding steroid dienone is 3. The lowest BCUT2D eigenvalue weighted by Crippen LogP contribution is -2.52. The second kappa shape index (κ2) is 8.47. The molecular formula is C29H46O2. The third-order valence-electron chi connectivity index (χ3n) is 10.7. The van der Waals surface area contributed by atoms with E-state index in [9.17, 15) is 9.90 Å². The molecule has 8 unspecified atom stereocenters. The number of rotatable bonds is 6. The molecule has 0 aliphatic heterocycles. The average molecular weight is 427 g/mol. The van der Waals surface area contributed by atoms with Crippen molar-refractivity contribution in [1.29, 1.82) is 0 Å². The van der Waals surface area contributed by atoms with Gasteiger partial charge in [0.25, 0.3) is 0 Å². The highest BCUT2D eigenvalue weighted by Gasteiger charge is 2.59. The van der Waals surface area contributed by atoms with Crippen LogP contribution in [-0.2, 0) is 4.79 Å². The molecule has 31 heavy (non-hydrogen) atoms. The zero-order valence-electron chi connectivity index (χ0n) is 20.8. The Kier molecular flexibility index (Phi) is 6.36. The van der Waals surface area contributed by atoms with Gasteiger partial charge in [0.15, 0.2) is 5.78 Å². The highest BCUT2D eigenvalue weighted by Crippen LogP contribution is 2.66. The summed E-state index contributed by atoms with van der Waals surface area (Å²) < 4.78 is 0. The predicted molar refractivity (Wildman–Crippen MR) is 129 cm³/mol. The lowest BCUT2D eigenvalue weighted by Gasteiger charge is -2.56. The Balaban J connectivity index is 1.54. The SMILES string of the molecule is C=C(CCC(CC)C(C)C)C1CCC2C3=CC(=O)C4CC(O)CCC4(C)C3CCC12C. The van der Waals surface area contributed by atoms with Crippen molar-refractivity contribution >= 4 is 5.78 Å². The zero-order chi connectivity index (χ0) is 22.6. The monoisotopic (exact) mass is 426 g/mol. The Morgan fingerprint density at radius 3 is 2.45 bits per heavy atom. The molecule has 2 nitrogen and oxygen atoms in total. The van der Waals surface area contributed by atoms with Gasteiger partial charge in [0.05, 0.1) is 6.10 Å². The molecule has 0 aromatic rings. The average Bonchev–Trinajstić information content (AvgIpc) is 3.07. The maximum absolute atomic E-state index is 13.2. The summed E-state index contributed by atoms with van der Waals surface area (Å²) in [5.41, 5.74) is 3.30. The summed E-state index contributed by atoms with van der Waals surface area (Å²) in [5, 5.41) is 10.2. The van der Waals surface area contributed by atoms with Gasteiger partial charge in [-0.15, -0.1) is 0 Å². The minimum atomic E-state index is -0.289. The van der Waals surface area contributed by atoms with E-state index in [4.69, 9.17) is 0 Å². The van der Waals surface area contributed by atoms with Gasteiger partial charge in [-0.3, -0.25) is 4.79 Å². The van der Waals surface area contributed by atoms with E-state index < -0.39 is 0 Å². The van der Waals surface area contributed by atoms with Crippen molar-refractivity contribution in [3.63, 3.8) is 0 Å². The van der Waals surface area contributed by atoms with Crippen LogP contribution >= 0.6 is 0 Å². The van der Waals surface area contributed by atoms with Crippen molar-refractivity contribution < 1.29 is 9.90 Å². The molecule has 0 aromatic heterocycles. The number of aliphatic hydroxyl groups is 1. The lowest BCUT2D eigenvalue weighted by atomic mass is 9.47. The van der Waals surface area contributed by atoms with Gasteiger partial charge in [0.1, 0.15) is 0 Å². The molecular weight excluding hydrogens is 380 g/mol. The van der Waals surface area contributed by atoms with Gasteiger partial charge in [-0.05, 0) is 104 Å². The van der Waals surface area contributed by atoms with Crippen LogP contribution in [0.15, 0.2) is 23.8 Å². The Morgan fingerprint density at radius 1 is 1.10 bits per heavy atom. The van der Waals surface area contributed by atoms with Gasteiger partial charge in [-0.2, -0.15) is 0 Å². The molecule has 0 radical (unpaired) electrons. The second-order valence-corrected chi connectivity index (χ2v) is 12.4. The quantitative estimate of drug-likeness (QED) is 0.459. The Labute approximate surface area is 191 Å². The molecule has 2 heteroatoms. The molecule has 174 valence electrons.